The Balaban J connectivity index is 0.00000259. The second kappa shape index (κ2) is 10.4. The van der Waals surface area contributed by atoms with Crippen LogP contribution in [0.25, 0.3) is 5.57 Å². The standard InChI is InChI=1S/C29H26O2P.BrH/c1-23(24-17-18-28-29(21-24)31-22-30-28)19-20-32(25-11-5-2-6-12-25,26-13-7-3-8-14-26)27-15-9-4-10-16-27;/h2-19,21H,20,22H2,1H3;1H/q+1;/p-1/b23-19+;. The number of allylic oxidation sites excluding steroid dienone is 2. The smallest absolute Gasteiger partial charge is 0.231 e. The molecule has 1 aliphatic heterocycles. The van der Waals surface area contributed by atoms with Crippen LogP contribution >= 0.6 is 7.26 Å². The van der Waals surface area contributed by atoms with E-state index in [0.29, 0.717) is 6.79 Å². The maximum atomic E-state index is 5.60. The normalized spacial score (nSPS) is 12.8. The highest BCUT2D eigenvalue weighted by Crippen LogP contribution is 2.55. The van der Waals surface area contributed by atoms with Crippen molar-refractivity contribution in [1.29, 1.82) is 0 Å². The van der Waals surface area contributed by atoms with Gasteiger partial charge in [0.05, 0.1) is 6.16 Å². The zero-order valence-corrected chi connectivity index (χ0v) is 21.0. The van der Waals surface area contributed by atoms with Crippen molar-refractivity contribution in [3.8, 4) is 11.5 Å². The van der Waals surface area contributed by atoms with Gasteiger partial charge in [0.2, 0.25) is 6.79 Å². The molecule has 0 spiro atoms. The monoisotopic (exact) mass is 516 g/mol. The Kier molecular flexibility index (Phi) is 7.33. The van der Waals surface area contributed by atoms with Gasteiger partial charge in [-0.15, -0.1) is 0 Å². The summed E-state index contributed by atoms with van der Waals surface area (Å²) in [6.45, 7) is 2.49. The highest BCUT2D eigenvalue weighted by molar-refractivity contribution is 7.95. The van der Waals surface area contributed by atoms with Gasteiger partial charge >= 0.3 is 0 Å². The van der Waals surface area contributed by atoms with Gasteiger partial charge in [0.1, 0.15) is 23.2 Å². The summed E-state index contributed by atoms with van der Waals surface area (Å²) in [4.78, 5) is 0. The van der Waals surface area contributed by atoms with Crippen molar-refractivity contribution in [3.05, 3.63) is 121 Å². The minimum Gasteiger partial charge on any atom is -1.00 e. The van der Waals surface area contributed by atoms with Crippen molar-refractivity contribution >= 4 is 28.7 Å². The molecular weight excluding hydrogens is 491 g/mol. The molecule has 4 aromatic carbocycles. The summed E-state index contributed by atoms with van der Waals surface area (Å²) in [6, 6.07) is 39.2. The van der Waals surface area contributed by atoms with Crippen molar-refractivity contribution in [2.24, 2.45) is 0 Å². The average Bonchev–Trinajstić information content (AvgIpc) is 3.34. The molecule has 0 saturated heterocycles. The van der Waals surface area contributed by atoms with Crippen LogP contribution in [0.4, 0.5) is 0 Å². The largest absolute Gasteiger partial charge is 1.00 e. The van der Waals surface area contributed by atoms with Gasteiger partial charge in [-0.05, 0) is 72.7 Å². The quantitative estimate of drug-likeness (QED) is 0.367. The van der Waals surface area contributed by atoms with Crippen LogP contribution < -0.4 is 42.4 Å². The summed E-state index contributed by atoms with van der Waals surface area (Å²) in [5, 5.41) is 4.19. The number of halogens is 1. The van der Waals surface area contributed by atoms with Crippen LogP contribution in [0.5, 0.6) is 11.5 Å². The van der Waals surface area contributed by atoms with E-state index in [1.807, 2.05) is 6.07 Å². The van der Waals surface area contributed by atoms with Gasteiger partial charge in [-0.25, -0.2) is 0 Å². The molecule has 5 rings (SSSR count). The molecule has 33 heavy (non-hydrogen) atoms. The molecule has 4 heteroatoms. The lowest BCUT2D eigenvalue weighted by Crippen LogP contribution is -3.00. The predicted octanol–water partition coefficient (Wildman–Crippen LogP) is 2.82. The van der Waals surface area contributed by atoms with Crippen LogP contribution in [0.1, 0.15) is 12.5 Å². The fourth-order valence-corrected chi connectivity index (χ4v) is 8.46. The molecule has 0 saturated carbocycles. The molecule has 4 aromatic rings. The first-order valence-corrected chi connectivity index (χ1v) is 12.9. The number of fused-ring (bicyclic) bond motifs is 1. The number of hydrogen-bond acceptors (Lipinski definition) is 2. The van der Waals surface area contributed by atoms with Crippen LogP contribution in [0.3, 0.4) is 0 Å². The van der Waals surface area contributed by atoms with Crippen LogP contribution in [0.15, 0.2) is 115 Å². The zero-order valence-electron chi connectivity index (χ0n) is 18.5. The number of hydrogen-bond donors (Lipinski definition) is 0. The third kappa shape index (κ3) is 4.62. The molecule has 0 bridgehead atoms. The molecule has 0 radical (unpaired) electrons. The summed E-state index contributed by atoms with van der Waals surface area (Å²) >= 11 is 0. The van der Waals surface area contributed by atoms with Crippen molar-refractivity contribution in [1.82, 2.24) is 0 Å². The Morgan fingerprint density at radius 3 is 1.70 bits per heavy atom. The minimum atomic E-state index is -1.88. The van der Waals surface area contributed by atoms with Gasteiger partial charge in [-0.2, -0.15) is 0 Å². The fourth-order valence-electron chi connectivity index (χ4n) is 4.34. The number of benzene rings is 4. The molecule has 0 N–H and O–H groups in total. The Labute approximate surface area is 207 Å². The predicted molar refractivity (Wildman–Crippen MR) is 136 cm³/mol. The van der Waals surface area contributed by atoms with Gasteiger partial charge in [0.25, 0.3) is 0 Å². The Morgan fingerprint density at radius 2 is 1.18 bits per heavy atom. The van der Waals surface area contributed by atoms with Gasteiger partial charge in [0, 0.05) is 0 Å². The highest BCUT2D eigenvalue weighted by atomic mass is 79.9. The maximum Gasteiger partial charge on any atom is 0.231 e. The molecule has 1 aliphatic rings. The molecule has 0 atom stereocenters. The summed E-state index contributed by atoms with van der Waals surface area (Å²) < 4.78 is 11.1. The molecule has 0 aliphatic carbocycles. The van der Waals surface area contributed by atoms with Gasteiger partial charge in [0.15, 0.2) is 11.5 Å². The highest BCUT2D eigenvalue weighted by Gasteiger charge is 2.44. The molecule has 0 fully saturated rings. The van der Waals surface area contributed by atoms with E-state index in [9.17, 15) is 0 Å². The van der Waals surface area contributed by atoms with Crippen LogP contribution in [0, 0.1) is 0 Å². The first-order valence-electron chi connectivity index (χ1n) is 10.9. The van der Waals surface area contributed by atoms with E-state index in [-0.39, 0.29) is 17.0 Å². The van der Waals surface area contributed by atoms with Gasteiger partial charge in [-0.1, -0.05) is 60.7 Å². The van der Waals surface area contributed by atoms with Crippen molar-refractivity contribution in [2.75, 3.05) is 13.0 Å². The van der Waals surface area contributed by atoms with E-state index in [0.717, 1.165) is 17.7 Å². The minimum absolute atomic E-state index is 0. The molecule has 166 valence electrons. The van der Waals surface area contributed by atoms with Crippen LogP contribution in [-0.4, -0.2) is 13.0 Å². The summed E-state index contributed by atoms with van der Waals surface area (Å²) in [5.41, 5.74) is 2.41. The van der Waals surface area contributed by atoms with Crippen LogP contribution in [-0.2, 0) is 0 Å². The van der Waals surface area contributed by atoms with E-state index < -0.39 is 7.26 Å². The fraction of sp³-hybridized carbons (Fsp3) is 0.103. The lowest BCUT2D eigenvalue weighted by atomic mass is 10.1. The summed E-state index contributed by atoms with van der Waals surface area (Å²) in [7, 11) is -1.88. The molecule has 0 unspecified atom stereocenters. The van der Waals surface area contributed by atoms with E-state index in [1.165, 1.54) is 27.1 Å². The molecular formula is C29H26BrO2P. The third-order valence-corrected chi connectivity index (χ3v) is 10.4. The Morgan fingerprint density at radius 1 is 0.697 bits per heavy atom. The summed E-state index contributed by atoms with van der Waals surface area (Å²) in [5.74, 6) is 1.65. The lowest BCUT2D eigenvalue weighted by Gasteiger charge is -2.27. The van der Waals surface area contributed by atoms with Crippen molar-refractivity contribution in [3.63, 3.8) is 0 Å². The van der Waals surface area contributed by atoms with E-state index >= 15 is 0 Å². The van der Waals surface area contributed by atoms with Crippen molar-refractivity contribution < 1.29 is 26.5 Å². The average molecular weight is 517 g/mol. The van der Waals surface area contributed by atoms with E-state index in [1.54, 1.807) is 0 Å². The Bertz CT molecular complexity index is 1130. The third-order valence-electron chi connectivity index (χ3n) is 6.09. The maximum absolute atomic E-state index is 5.60. The SMILES string of the molecule is C/C(=C\C[P+](c1ccccc1)(c1ccccc1)c1ccccc1)c1ccc2c(c1)OCO2.[Br-]. The lowest BCUT2D eigenvalue weighted by molar-refractivity contribution is -0.00000776. The van der Waals surface area contributed by atoms with Crippen molar-refractivity contribution in [2.45, 2.75) is 6.92 Å². The zero-order chi connectivity index (χ0) is 21.8. The second-order valence-corrected chi connectivity index (χ2v) is 11.5. The van der Waals surface area contributed by atoms with E-state index in [4.69, 9.17) is 9.47 Å². The molecule has 0 amide bonds. The second-order valence-electron chi connectivity index (χ2n) is 7.95. The van der Waals surface area contributed by atoms with Gasteiger partial charge in [-0.3, -0.25) is 0 Å². The molecule has 1 heterocycles. The first kappa shape index (κ1) is 23.3. The topological polar surface area (TPSA) is 18.5 Å². The van der Waals surface area contributed by atoms with Crippen LogP contribution in [0.2, 0.25) is 0 Å². The van der Waals surface area contributed by atoms with Gasteiger partial charge < -0.3 is 26.5 Å². The molecule has 2 nitrogen and oxygen atoms in total. The number of rotatable bonds is 6. The first-order chi connectivity index (χ1) is 15.8. The Hall–Kier alpha value is -2.87. The number of ether oxygens (including phenoxy) is 2. The summed E-state index contributed by atoms with van der Waals surface area (Å²) in [6.07, 6.45) is 3.35. The molecule has 0 aromatic heterocycles. The van der Waals surface area contributed by atoms with E-state index in [2.05, 4.69) is 116 Å².